The number of aliphatic hydroxyl groups is 1. The minimum absolute atomic E-state index is 0.00784. The second-order valence-electron chi connectivity index (χ2n) is 12.4. The first kappa shape index (κ1) is 23.8. The molecule has 7 nitrogen and oxygen atoms in total. The van der Waals surface area contributed by atoms with Crippen LogP contribution in [0.3, 0.4) is 0 Å². The molecule has 7 rings (SSSR count). The van der Waals surface area contributed by atoms with Crippen LogP contribution in [-0.2, 0) is 6.54 Å². The van der Waals surface area contributed by atoms with E-state index in [0.717, 1.165) is 44.3 Å². The number of hydrogen-bond donors (Lipinski definition) is 2. The quantitative estimate of drug-likeness (QED) is 0.586. The van der Waals surface area contributed by atoms with Gasteiger partial charge in [-0.3, -0.25) is 4.79 Å². The van der Waals surface area contributed by atoms with Crippen LogP contribution in [-0.4, -0.2) is 64.1 Å². The Morgan fingerprint density at radius 2 is 1.66 bits per heavy atom. The topological polar surface area (TPSA) is 79.6 Å². The fourth-order valence-corrected chi connectivity index (χ4v) is 8.16. The molecule has 7 heteroatoms. The largest absolute Gasteiger partial charge is 0.477 e. The van der Waals surface area contributed by atoms with E-state index in [-0.39, 0.29) is 12.0 Å². The third-order valence-corrected chi connectivity index (χ3v) is 9.93. The SMILES string of the molecule is O=C(NC1C2CC3CC(C2)CC1C3)c1cnn(CCN2CCC(O)CC2)c1OCC1CCCCC1. The molecule has 6 aliphatic rings. The Bertz CT molecular complexity index is 844. The molecular formula is C28H44N4O3. The second-order valence-corrected chi connectivity index (χ2v) is 12.4. The molecule has 2 N–H and O–H groups in total. The summed E-state index contributed by atoms with van der Waals surface area (Å²) in [7, 11) is 0. The number of piperidine rings is 1. The maximum Gasteiger partial charge on any atom is 0.258 e. The molecule has 1 aromatic rings. The van der Waals surface area contributed by atoms with Gasteiger partial charge in [-0.2, -0.15) is 5.10 Å². The molecule has 194 valence electrons. The summed E-state index contributed by atoms with van der Waals surface area (Å²) in [5.74, 6) is 4.37. The summed E-state index contributed by atoms with van der Waals surface area (Å²) in [6.45, 7) is 4.09. The van der Waals surface area contributed by atoms with Gasteiger partial charge in [0.2, 0.25) is 5.88 Å². The Morgan fingerprint density at radius 3 is 2.34 bits per heavy atom. The minimum atomic E-state index is -0.161. The van der Waals surface area contributed by atoms with Crippen molar-refractivity contribution in [1.29, 1.82) is 0 Å². The van der Waals surface area contributed by atoms with E-state index < -0.39 is 0 Å². The van der Waals surface area contributed by atoms with E-state index in [1.54, 1.807) is 6.20 Å². The Kier molecular flexibility index (Phi) is 7.07. The molecule has 0 unspecified atom stereocenters. The van der Waals surface area contributed by atoms with Gasteiger partial charge < -0.3 is 20.1 Å². The van der Waals surface area contributed by atoms with Crippen molar-refractivity contribution in [3.63, 3.8) is 0 Å². The standard InChI is InChI=1S/C28H44N4O3/c33-24-6-8-31(9-7-24)10-11-32-28(35-18-19-4-2-1-3-5-19)25(17-29-32)27(34)30-26-22-13-20-12-21(15-22)16-23(26)14-20/h17,19-24,26,33H,1-16,18H2,(H,30,34). The van der Waals surface area contributed by atoms with Crippen LogP contribution in [0, 0.1) is 29.6 Å². The van der Waals surface area contributed by atoms with Crippen LogP contribution in [0.2, 0.25) is 0 Å². The maximum atomic E-state index is 13.6. The van der Waals surface area contributed by atoms with Crippen LogP contribution in [0.4, 0.5) is 0 Å². The molecule has 0 atom stereocenters. The number of carbonyl (C=O) groups is 1. The molecule has 0 radical (unpaired) electrons. The van der Waals surface area contributed by atoms with E-state index in [2.05, 4.69) is 15.3 Å². The molecule has 0 spiro atoms. The number of ether oxygens (including phenoxy) is 1. The fourth-order valence-electron chi connectivity index (χ4n) is 8.16. The number of likely N-dealkylation sites (tertiary alicyclic amines) is 1. The van der Waals surface area contributed by atoms with E-state index in [0.29, 0.717) is 48.4 Å². The van der Waals surface area contributed by atoms with Crippen molar-refractivity contribution in [2.45, 2.75) is 95.7 Å². The highest BCUT2D eigenvalue weighted by molar-refractivity contribution is 5.96. The van der Waals surface area contributed by atoms with Crippen molar-refractivity contribution in [2.75, 3.05) is 26.2 Å². The van der Waals surface area contributed by atoms with Crippen molar-refractivity contribution in [3.05, 3.63) is 11.8 Å². The molecule has 1 saturated heterocycles. The van der Waals surface area contributed by atoms with Crippen molar-refractivity contribution in [3.8, 4) is 5.88 Å². The molecule has 1 aliphatic heterocycles. The number of rotatable bonds is 8. The molecule has 4 bridgehead atoms. The zero-order chi connectivity index (χ0) is 23.8. The average Bonchev–Trinajstić information content (AvgIpc) is 3.27. The van der Waals surface area contributed by atoms with Crippen LogP contribution in [0.1, 0.15) is 87.4 Å². The average molecular weight is 485 g/mol. The minimum Gasteiger partial charge on any atom is -0.477 e. The molecule has 1 aromatic heterocycles. The van der Waals surface area contributed by atoms with Crippen molar-refractivity contribution >= 4 is 5.91 Å². The summed E-state index contributed by atoms with van der Waals surface area (Å²) >= 11 is 0. The summed E-state index contributed by atoms with van der Waals surface area (Å²) in [4.78, 5) is 16.0. The van der Waals surface area contributed by atoms with Crippen molar-refractivity contribution in [2.24, 2.45) is 29.6 Å². The van der Waals surface area contributed by atoms with Crippen LogP contribution in [0.15, 0.2) is 6.20 Å². The lowest BCUT2D eigenvalue weighted by Gasteiger charge is -2.54. The zero-order valence-electron chi connectivity index (χ0n) is 21.2. The molecule has 5 aliphatic carbocycles. The van der Waals surface area contributed by atoms with Gasteiger partial charge in [0.15, 0.2) is 0 Å². The Hall–Kier alpha value is -1.60. The van der Waals surface area contributed by atoms with Gasteiger partial charge in [0, 0.05) is 25.7 Å². The van der Waals surface area contributed by atoms with Gasteiger partial charge >= 0.3 is 0 Å². The number of hydrogen-bond acceptors (Lipinski definition) is 5. The monoisotopic (exact) mass is 484 g/mol. The highest BCUT2D eigenvalue weighted by atomic mass is 16.5. The number of carbonyl (C=O) groups excluding carboxylic acids is 1. The Labute approximate surface area is 210 Å². The molecule has 0 aromatic carbocycles. The summed E-state index contributed by atoms with van der Waals surface area (Å²) < 4.78 is 8.33. The lowest BCUT2D eigenvalue weighted by Crippen LogP contribution is -2.55. The highest BCUT2D eigenvalue weighted by Gasteiger charge is 2.48. The highest BCUT2D eigenvalue weighted by Crippen LogP contribution is 2.53. The first-order valence-corrected chi connectivity index (χ1v) is 14.5. The summed E-state index contributed by atoms with van der Waals surface area (Å²) in [5, 5.41) is 17.9. The number of amides is 1. The number of aromatic nitrogens is 2. The lowest BCUT2D eigenvalue weighted by atomic mass is 9.54. The molecule has 2 heterocycles. The molecular weight excluding hydrogens is 440 g/mol. The third-order valence-electron chi connectivity index (χ3n) is 9.93. The predicted octanol–water partition coefficient (Wildman–Crippen LogP) is 3.85. The van der Waals surface area contributed by atoms with Crippen LogP contribution in [0.25, 0.3) is 0 Å². The van der Waals surface area contributed by atoms with E-state index in [9.17, 15) is 9.90 Å². The van der Waals surface area contributed by atoms with Gasteiger partial charge in [-0.05, 0) is 87.4 Å². The van der Waals surface area contributed by atoms with Crippen LogP contribution in [0.5, 0.6) is 5.88 Å². The second kappa shape index (κ2) is 10.4. The van der Waals surface area contributed by atoms with Gasteiger partial charge in [-0.15, -0.1) is 0 Å². The van der Waals surface area contributed by atoms with Crippen molar-refractivity contribution < 1.29 is 14.6 Å². The predicted molar refractivity (Wildman–Crippen MR) is 134 cm³/mol. The van der Waals surface area contributed by atoms with Crippen molar-refractivity contribution in [1.82, 2.24) is 20.0 Å². The van der Waals surface area contributed by atoms with Gasteiger partial charge in [-0.25, -0.2) is 4.68 Å². The zero-order valence-corrected chi connectivity index (χ0v) is 21.2. The molecule has 6 fully saturated rings. The number of nitrogens with zero attached hydrogens (tertiary/aromatic N) is 3. The van der Waals surface area contributed by atoms with Crippen LogP contribution < -0.4 is 10.1 Å². The Morgan fingerprint density at radius 1 is 0.971 bits per heavy atom. The maximum absolute atomic E-state index is 13.6. The summed E-state index contributed by atoms with van der Waals surface area (Å²) in [5.41, 5.74) is 0.615. The van der Waals surface area contributed by atoms with Gasteiger partial charge in [-0.1, -0.05) is 19.3 Å². The number of nitrogens with one attached hydrogen (secondary N) is 1. The first-order chi connectivity index (χ1) is 17.1. The van der Waals surface area contributed by atoms with E-state index in [1.807, 2.05) is 4.68 Å². The van der Waals surface area contributed by atoms with Crippen LogP contribution >= 0.6 is 0 Å². The van der Waals surface area contributed by atoms with E-state index >= 15 is 0 Å². The van der Waals surface area contributed by atoms with Gasteiger partial charge in [0.1, 0.15) is 5.56 Å². The smallest absolute Gasteiger partial charge is 0.258 e. The fraction of sp³-hybridized carbons (Fsp3) is 0.857. The Balaban J connectivity index is 1.14. The van der Waals surface area contributed by atoms with Gasteiger partial charge in [0.05, 0.1) is 25.5 Å². The normalized spacial score (nSPS) is 33.8. The third kappa shape index (κ3) is 5.27. The lowest BCUT2D eigenvalue weighted by molar-refractivity contribution is -0.0120. The molecule has 35 heavy (non-hydrogen) atoms. The first-order valence-electron chi connectivity index (χ1n) is 14.5. The summed E-state index contributed by atoms with van der Waals surface area (Å²) in [6.07, 6.45) is 16.2. The van der Waals surface area contributed by atoms with E-state index in [4.69, 9.17) is 4.74 Å². The molecule has 5 saturated carbocycles. The number of aliphatic hydroxyl groups excluding tert-OH is 1. The summed E-state index contributed by atoms with van der Waals surface area (Å²) in [6, 6.07) is 0.324. The molecule has 1 amide bonds. The van der Waals surface area contributed by atoms with Gasteiger partial charge in [0.25, 0.3) is 5.91 Å². The van der Waals surface area contributed by atoms with E-state index in [1.165, 1.54) is 64.2 Å².